The average molecular weight is 396 g/mol. The van der Waals surface area contributed by atoms with Crippen LogP contribution >= 0.6 is 0 Å². The third-order valence-corrected chi connectivity index (χ3v) is 5.30. The molecule has 9 nitrogen and oxygen atoms in total. The van der Waals surface area contributed by atoms with E-state index in [0.29, 0.717) is 29.6 Å². The van der Waals surface area contributed by atoms with E-state index in [9.17, 15) is 9.59 Å². The Bertz CT molecular complexity index is 948. The number of rotatable bonds is 5. The van der Waals surface area contributed by atoms with Gasteiger partial charge in [0.2, 0.25) is 5.95 Å². The van der Waals surface area contributed by atoms with Crippen LogP contribution in [-0.4, -0.2) is 39.2 Å². The van der Waals surface area contributed by atoms with Crippen LogP contribution in [0.25, 0.3) is 0 Å². The minimum atomic E-state index is -1.03. The van der Waals surface area contributed by atoms with Crippen molar-refractivity contribution in [3.63, 3.8) is 0 Å². The number of carbonyl (C=O) groups excluding carboxylic acids is 1. The molecule has 0 unspecified atom stereocenters. The van der Waals surface area contributed by atoms with E-state index in [2.05, 4.69) is 31.2 Å². The van der Waals surface area contributed by atoms with Gasteiger partial charge in [-0.2, -0.15) is 4.98 Å². The zero-order valence-corrected chi connectivity index (χ0v) is 16.2. The molecule has 1 saturated carbocycles. The number of amides is 2. The Kier molecular flexibility index (Phi) is 5.20. The van der Waals surface area contributed by atoms with Crippen molar-refractivity contribution in [2.75, 3.05) is 10.6 Å². The second-order valence-corrected chi connectivity index (χ2v) is 7.49. The van der Waals surface area contributed by atoms with Crippen molar-refractivity contribution in [2.45, 2.75) is 51.2 Å². The van der Waals surface area contributed by atoms with Crippen LogP contribution in [0.1, 0.15) is 47.3 Å². The van der Waals surface area contributed by atoms with Gasteiger partial charge in [-0.25, -0.2) is 9.78 Å². The van der Waals surface area contributed by atoms with Gasteiger partial charge in [-0.15, -0.1) is 0 Å². The normalized spacial score (nSPS) is 20.5. The lowest BCUT2D eigenvalue weighted by atomic mass is 9.90. The highest BCUT2D eigenvalue weighted by Gasteiger charge is 2.30. The van der Waals surface area contributed by atoms with Gasteiger partial charge in [0, 0.05) is 11.7 Å². The molecule has 1 aromatic carbocycles. The van der Waals surface area contributed by atoms with Gasteiger partial charge in [-0.1, -0.05) is 25.0 Å². The van der Waals surface area contributed by atoms with E-state index < -0.39 is 6.09 Å². The summed E-state index contributed by atoms with van der Waals surface area (Å²) in [5.41, 5.74) is 3.00. The number of nitrogens with zero attached hydrogens (tertiary/aromatic N) is 2. The van der Waals surface area contributed by atoms with Crippen LogP contribution in [0, 0.1) is 6.92 Å². The molecule has 29 heavy (non-hydrogen) atoms. The molecule has 1 fully saturated rings. The van der Waals surface area contributed by atoms with Gasteiger partial charge >= 0.3 is 6.09 Å². The van der Waals surface area contributed by atoms with Crippen molar-refractivity contribution in [2.24, 2.45) is 0 Å². The van der Waals surface area contributed by atoms with Crippen molar-refractivity contribution in [3.05, 3.63) is 41.1 Å². The van der Waals surface area contributed by atoms with Crippen LogP contribution in [0.4, 0.5) is 22.2 Å². The number of fused-ring (bicyclic) bond motifs is 1. The number of carboxylic acid groups (broad SMARTS) is 1. The van der Waals surface area contributed by atoms with Gasteiger partial charge in [0.15, 0.2) is 0 Å². The van der Waals surface area contributed by atoms with Crippen LogP contribution < -0.4 is 21.3 Å². The molecule has 2 atom stereocenters. The van der Waals surface area contributed by atoms with Gasteiger partial charge in [-0.3, -0.25) is 4.79 Å². The second kappa shape index (κ2) is 7.94. The molecule has 2 heterocycles. The predicted molar refractivity (Wildman–Crippen MR) is 108 cm³/mol. The molecule has 152 valence electrons. The number of anilines is 3. The molecule has 1 aliphatic heterocycles. The first kappa shape index (κ1) is 19.0. The minimum Gasteiger partial charge on any atom is -0.465 e. The third-order valence-electron chi connectivity index (χ3n) is 5.30. The summed E-state index contributed by atoms with van der Waals surface area (Å²) in [4.78, 5) is 32.5. The van der Waals surface area contributed by atoms with Gasteiger partial charge < -0.3 is 26.4 Å². The fourth-order valence-corrected chi connectivity index (χ4v) is 3.94. The van der Waals surface area contributed by atoms with Crippen LogP contribution in [0.5, 0.6) is 0 Å². The number of aryl methyl sites for hydroxylation is 1. The zero-order valence-electron chi connectivity index (χ0n) is 16.2. The fraction of sp³-hybridized carbons (Fsp3) is 0.400. The first-order valence-electron chi connectivity index (χ1n) is 9.78. The quantitative estimate of drug-likeness (QED) is 0.526. The van der Waals surface area contributed by atoms with Crippen LogP contribution in [0.15, 0.2) is 24.3 Å². The Morgan fingerprint density at radius 1 is 1.21 bits per heavy atom. The monoisotopic (exact) mass is 396 g/mol. The highest BCUT2D eigenvalue weighted by Crippen LogP contribution is 2.28. The van der Waals surface area contributed by atoms with E-state index in [4.69, 9.17) is 5.11 Å². The summed E-state index contributed by atoms with van der Waals surface area (Å²) in [5.74, 6) is 0.626. The minimum absolute atomic E-state index is 0.102. The molecule has 2 amide bonds. The smallest absolute Gasteiger partial charge is 0.404 e. The van der Waals surface area contributed by atoms with E-state index >= 15 is 0 Å². The molecule has 1 aromatic heterocycles. The Labute approximate surface area is 168 Å². The number of carbonyl (C=O) groups is 2. The first-order chi connectivity index (χ1) is 14.0. The first-order valence-corrected chi connectivity index (χ1v) is 9.78. The summed E-state index contributed by atoms with van der Waals surface area (Å²) in [6.07, 6.45) is 2.55. The maximum absolute atomic E-state index is 12.3. The van der Waals surface area contributed by atoms with Gasteiger partial charge in [0.1, 0.15) is 11.4 Å². The van der Waals surface area contributed by atoms with Crippen molar-refractivity contribution >= 4 is 29.5 Å². The summed E-state index contributed by atoms with van der Waals surface area (Å²) in [6, 6.07) is 7.51. The topological polar surface area (TPSA) is 128 Å². The molecular formula is C20H24N6O3. The molecule has 5 N–H and O–H groups in total. The largest absolute Gasteiger partial charge is 0.465 e. The SMILES string of the molecule is Cc1cccc(Nc2nc(N[C@@H]3CCCC[C@@H]3NC(=O)O)nc3c2C(=O)NC3)c1. The molecule has 4 rings (SSSR count). The highest BCUT2D eigenvalue weighted by atomic mass is 16.4. The fourth-order valence-electron chi connectivity index (χ4n) is 3.94. The summed E-state index contributed by atoms with van der Waals surface area (Å²) in [6.45, 7) is 2.34. The summed E-state index contributed by atoms with van der Waals surface area (Å²) >= 11 is 0. The van der Waals surface area contributed by atoms with Crippen molar-refractivity contribution in [1.82, 2.24) is 20.6 Å². The van der Waals surface area contributed by atoms with Crippen molar-refractivity contribution in [3.8, 4) is 0 Å². The van der Waals surface area contributed by atoms with Crippen LogP contribution in [0.2, 0.25) is 0 Å². The standard InChI is InChI=1S/C20H24N6O3/c1-11-5-4-6-12(9-11)22-17-16-15(10-21-18(16)27)24-19(26-17)23-13-7-2-3-8-14(13)25-20(28)29/h4-6,9,13-14,25H,2-3,7-8,10H2,1H3,(H,21,27)(H,28,29)(H2,22,23,24,26)/t13-,14+/m1/s1. The van der Waals surface area contributed by atoms with Crippen molar-refractivity contribution < 1.29 is 14.7 Å². The zero-order chi connectivity index (χ0) is 20.4. The molecule has 2 aliphatic rings. The number of nitrogens with one attached hydrogen (secondary N) is 4. The molecule has 0 spiro atoms. The van der Waals surface area contributed by atoms with E-state index in [0.717, 1.165) is 36.9 Å². The van der Waals surface area contributed by atoms with E-state index in [1.54, 1.807) is 0 Å². The lowest BCUT2D eigenvalue weighted by molar-refractivity contribution is 0.0966. The Morgan fingerprint density at radius 2 is 2.00 bits per heavy atom. The maximum Gasteiger partial charge on any atom is 0.404 e. The molecule has 0 radical (unpaired) electrons. The lowest BCUT2D eigenvalue weighted by Gasteiger charge is -2.32. The third kappa shape index (κ3) is 4.23. The highest BCUT2D eigenvalue weighted by molar-refractivity contribution is 6.02. The molecule has 0 saturated heterocycles. The predicted octanol–water partition coefficient (Wildman–Crippen LogP) is 2.76. The summed E-state index contributed by atoms with van der Waals surface area (Å²) in [7, 11) is 0. The molecule has 2 aromatic rings. The van der Waals surface area contributed by atoms with E-state index in [1.807, 2.05) is 31.2 Å². The second-order valence-electron chi connectivity index (χ2n) is 7.49. The van der Waals surface area contributed by atoms with Gasteiger partial charge in [0.05, 0.1) is 18.3 Å². The molecular weight excluding hydrogens is 372 g/mol. The Hall–Kier alpha value is -3.36. The number of hydrogen-bond donors (Lipinski definition) is 5. The number of benzene rings is 1. The average Bonchev–Trinajstić information content (AvgIpc) is 3.04. The van der Waals surface area contributed by atoms with Gasteiger partial charge in [0.25, 0.3) is 5.91 Å². The van der Waals surface area contributed by atoms with Gasteiger partial charge in [-0.05, 0) is 37.5 Å². The van der Waals surface area contributed by atoms with Crippen LogP contribution in [-0.2, 0) is 6.54 Å². The van der Waals surface area contributed by atoms with E-state index in [-0.39, 0.29) is 18.0 Å². The van der Waals surface area contributed by atoms with E-state index in [1.165, 1.54) is 0 Å². The van der Waals surface area contributed by atoms with Crippen LogP contribution in [0.3, 0.4) is 0 Å². The van der Waals surface area contributed by atoms with Crippen molar-refractivity contribution in [1.29, 1.82) is 0 Å². The maximum atomic E-state index is 12.3. The summed E-state index contributed by atoms with van der Waals surface area (Å²) in [5, 5.41) is 21.0. The Balaban J connectivity index is 1.62. The Morgan fingerprint density at radius 3 is 2.76 bits per heavy atom. The number of aromatic nitrogens is 2. The molecule has 9 heteroatoms. The molecule has 0 bridgehead atoms. The number of hydrogen-bond acceptors (Lipinski definition) is 6. The lowest BCUT2D eigenvalue weighted by Crippen LogP contribution is -2.48. The molecule has 1 aliphatic carbocycles. The summed E-state index contributed by atoms with van der Waals surface area (Å²) < 4.78 is 0.